The van der Waals surface area contributed by atoms with Gasteiger partial charge in [-0.3, -0.25) is 10.1 Å². The van der Waals surface area contributed by atoms with E-state index in [9.17, 15) is 20.2 Å². The predicted octanol–water partition coefficient (Wildman–Crippen LogP) is 2.98. The Hall–Kier alpha value is -2.94. The third kappa shape index (κ3) is 3.45. The summed E-state index contributed by atoms with van der Waals surface area (Å²) >= 11 is 1.49. The molecule has 6 nitrogen and oxygen atoms in total. The van der Waals surface area contributed by atoms with Crippen molar-refractivity contribution in [2.45, 2.75) is 5.92 Å². The van der Waals surface area contributed by atoms with Crippen molar-refractivity contribution in [3.63, 3.8) is 0 Å². The van der Waals surface area contributed by atoms with E-state index in [1.807, 2.05) is 47.8 Å². The molecule has 0 aliphatic carbocycles. The average molecular weight is 392 g/mol. The van der Waals surface area contributed by atoms with Crippen molar-refractivity contribution in [1.82, 2.24) is 4.98 Å². The Kier molecular flexibility index (Phi) is 5.00. The van der Waals surface area contributed by atoms with E-state index in [4.69, 9.17) is 0 Å². The average Bonchev–Trinajstić information content (AvgIpc) is 3.34. The third-order valence-corrected chi connectivity index (χ3v) is 5.77. The van der Waals surface area contributed by atoms with Gasteiger partial charge in [0, 0.05) is 26.3 Å². The number of hydrogen-bond acceptors (Lipinski definition) is 5. The van der Waals surface area contributed by atoms with Crippen LogP contribution in [0.5, 0.6) is 0 Å². The van der Waals surface area contributed by atoms with Crippen LogP contribution in [0.2, 0.25) is 0 Å². The Balaban J connectivity index is 1.97. The van der Waals surface area contributed by atoms with E-state index in [2.05, 4.69) is 4.98 Å². The zero-order valence-corrected chi connectivity index (χ0v) is 15.6. The maximum Gasteiger partial charge on any atom is 0.488 e. The molecular formula is C20H17BN2O4S. The number of aromatic nitrogens is 1. The summed E-state index contributed by atoms with van der Waals surface area (Å²) in [5.41, 5.74) is 3.60. The van der Waals surface area contributed by atoms with E-state index in [0.29, 0.717) is 5.46 Å². The molecule has 4 aromatic rings. The second-order valence-corrected chi connectivity index (χ2v) is 7.52. The van der Waals surface area contributed by atoms with Gasteiger partial charge in [-0.15, -0.1) is 11.3 Å². The molecule has 0 fully saturated rings. The van der Waals surface area contributed by atoms with Gasteiger partial charge >= 0.3 is 7.12 Å². The Morgan fingerprint density at radius 3 is 2.64 bits per heavy atom. The van der Waals surface area contributed by atoms with Crippen LogP contribution in [-0.4, -0.2) is 33.6 Å². The van der Waals surface area contributed by atoms with E-state index < -0.39 is 13.0 Å². The topological polar surface area (TPSA) is 99.4 Å². The first-order valence-corrected chi connectivity index (χ1v) is 9.65. The van der Waals surface area contributed by atoms with Gasteiger partial charge in [0.2, 0.25) is 6.54 Å². The van der Waals surface area contributed by atoms with E-state index in [0.717, 1.165) is 32.6 Å². The number of nitrogens with one attached hydrogen (secondary N) is 1. The van der Waals surface area contributed by atoms with E-state index in [-0.39, 0.29) is 11.5 Å². The van der Waals surface area contributed by atoms with Crippen molar-refractivity contribution in [2.75, 3.05) is 6.54 Å². The van der Waals surface area contributed by atoms with Gasteiger partial charge in [0.1, 0.15) is 0 Å². The van der Waals surface area contributed by atoms with Crippen LogP contribution >= 0.6 is 11.3 Å². The van der Waals surface area contributed by atoms with Crippen molar-refractivity contribution in [2.24, 2.45) is 0 Å². The summed E-state index contributed by atoms with van der Waals surface area (Å²) in [6.45, 7) is -0.225. The zero-order valence-electron chi connectivity index (χ0n) is 14.8. The van der Waals surface area contributed by atoms with E-state index in [1.54, 1.807) is 18.2 Å². The molecule has 1 atom stereocenters. The second kappa shape index (κ2) is 7.59. The molecular weight excluding hydrogens is 375 g/mol. The molecule has 2 heterocycles. The Morgan fingerprint density at radius 1 is 1.11 bits per heavy atom. The number of nitro groups is 1. The second-order valence-electron chi connectivity index (χ2n) is 6.54. The molecule has 0 radical (unpaired) electrons. The van der Waals surface area contributed by atoms with Gasteiger partial charge < -0.3 is 15.0 Å². The maximum absolute atomic E-state index is 11.5. The van der Waals surface area contributed by atoms with Gasteiger partial charge in [-0.2, -0.15) is 0 Å². The molecule has 28 heavy (non-hydrogen) atoms. The molecule has 0 saturated carbocycles. The van der Waals surface area contributed by atoms with Gasteiger partial charge in [-0.05, 0) is 28.5 Å². The molecule has 0 spiro atoms. The van der Waals surface area contributed by atoms with E-state index in [1.165, 1.54) is 11.3 Å². The molecule has 0 amide bonds. The number of nitrogens with zero attached hydrogens (tertiary/aromatic N) is 1. The highest BCUT2D eigenvalue weighted by atomic mass is 32.1. The molecule has 2 aromatic heterocycles. The van der Waals surface area contributed by atoms with Crippen LogP contribution in [0, 0.1) is 10.1 Å². The predicted molar refractivity (Wildman–Crippen MR) is 112 cm³/mol. The molecule has 140 valence electrons. The Labute approximate surface area is 165 Å². The summed E-state index contributed by atoms with van der Waals surface area (Å²) in [5, 5.41) is 33.4. The molecule has 3 N–H and O–H groups in total. The molecule has 4 rings (SSSR count). The number of fused-ring (bicyclic) bond motifs is 1. The molecule has 2 aromatic carbocycles. The molecule has 0 aliphatic heterocycles. The summed E-state index contributed by atoms with van der Waals surface area (Å²) in [7, 11) is -1.58. The summed E-state index contributed by atoms with van der Waals surface area (Å²) in [6.07, 6.45) is 0. The van der Waals surface area contributed by atoms with Gasteiger partial charge in [-0.1, -0.05) is 48.5 Å². The lowest BCUT2D eigenvalue weighted by atomic mass is 9.79. The van der Waals surface area contributed by atoms with Crippen molar-refractivity contribution >= 4 is 34.8 Å². The zero-order chi connectivity index (χ0) is 19.7. The lowest BCUT2D eigenvalue weighted by molar-refractivity contribution is -0.481. The normalized spacial score (nSPS) is 12.2. The van der Waals surface area contributed by atoms with Gasteiger partial charge in [0.25, 0.3) is 0 Å². The number of thiophene rings is 1. The van der Waals surface area contributed by atoms with Crippen LogP contribution in [0.25, 0.3) is 22.2 Å². The highest BCUT2D eigenvalue weighted by Gasteiger charge is 2.28. The number of H-pyrrole nitrogens is 1. The summed E-state index contributed by atoms with van der Waals surface area (Å²) in [4.78, 5) is 15.5. The van der Waals surface area contributed by atoms with Gasteiger partial charge in [0.05, 0.1) is 11.6 Å². The lowest BCUT2D eigenvalue weighted by Crippen LogP contribution is -2.29. The van der Waals surface area contributed by atoms with Crippen LogP contribution < -0.4 is 5.46 Å². The number of para-hydroxylation sites is 1. The highest BCUT2D eigenvalue weighted by molar-refractivity contribution is 7.10. The quantitative estimate of drug-likeness (QED) is 0.267. The molecule has 1 unspecified atom stereocenters. The SMILES string of the molecule is O=[N+]([O-])CC(c1cccs1)c1c(-c2cccc(B(O)O)c2)[nH]c2ccccc12. The third-order valence-electron chi connectivity index (χ3n) is 4.79. The summed E-state index contributed by atoms with van der Waals surface area (Å²) in [6, 6.07) is 18.4. The van der Waals surface area contributed by atoms with Crippen LogP contribution in [0.1, 0.15) is 16.4 Å². The standard InChI is InChI=1S/C20H17BN2O4S/c24-21(25)14-6-3-5-13(11-14)20-19(15-7-1-2-8-17(15)22-20)16(12-23(26)27)18-9-4-10-28-18/h1-11,16,22,24-25H,12H2. The Morgan fingerprint density at radius 2 is 1.93 bits per heavy atom. The highest BCUT2D eigenvalue weighted by Crippen LogP contribution is 2.40. The van der Waals surface area contributed by atoms with Crippen molar-refractivity contribution in [3.05, 3.63) is 86.6 Å². The summed E-state index contributed by atoms with van der Waals surface area (Å²) < 4.78 is 0. The minimum Gasteiger partial charge on any atom is -0.423 e. The van der Waals surface area contributed by atoms with Crippen molar-refractivity contribution in [1.29, 1.82) is 0 Å². The van der Waals surface area contributed by atoms with Crippen LogP contribution in [0.15, 0.2) is 66.0 Å². The molecule has 8 heteroatoms. The molecule has 0 bridgehead atoms. The smallest absolute Gasteiger partial charge is 0.423 e. The fourth-order valence-corrected chi connectivity index (χ4v) is 4.40. The number of hydrogen-bond donors (Lipinski definition) is 3. The monoisotopic (exact) mass is 392 g/mol. The Bertz CT molecular complexity index is 1120. The first kappa shape index (κ1) is 18.4. The number of aromatic amines is 1. The van der Waals surface area contributed by atoms with Crippen LogP contribution in [0.4, 0.5) is 0 Å². The van der Waals surface area contributed by atoms with Crippen molar-refractivity contribution in [3.8, 4) is 11.3 Å². The largest absolute Gasteiger partial charge is 0.488 e. The lowest BCUT2D eigenvalue weighted by Gasteiger charge is -2.14. The van der Waals surface area contributed by atoms with Crippen LogP contribution in [0.3, 0.4) is 0 Å². The van der Waals surface area contributed by atoms with Crippen molar-refractivity contribution < 1.29 is 15.0 Å². The number of benzene rings is 2. The van der Waals surface area contributed by atoms with E-state index >= 15 is 0 Å². The first-order chi connectivity index (χ1) is 13.5. The minimum atomic E-state index is -1.58. The van der Waals surface area contributed by atoms with Gasteiger partial charge in [0.15, 0.2) is 0 Å². The minimum absolute atomic E-state index is 0.225. The number of rotatable bonds is 6. The first-order valence-electron chi connectivity index (χ1n) is 8.77. The van der Waals surface area contributed by atoms with Crippen LogP contribution in [-0.2, 0) is 0 Å². The summed E-state index contributed by atoms with van der Waals surface area (Å²) in [5.74, 6) is -0.413. The molecule has 0 aliphatic rings. The van der Waals surface area contributed by atoms with Gasteiger partial charge in [-0.25, -0.2) is 0 Å². The maximum atomic E-state index is 11.5. The fourth-order valence-electron chi connectivity index (χ4n) is 3.57. The molecule has 0 saturated heterocycles. The fraction of sp³-hybridized carbons (Fsp3) is 0.100.